The van der Waals surface area contributed by atoms with E-state index < -0.39 is 12.0 Å². The number of hydrogen-bond acceptors (Lipinski definition) is 4. The Morgan fingerprint density at radius 1 is 1.26 bits per heavy atom. The third-order valence-electron chi connectivity index (χ3n) is 4.06. The normalized spacial score (nSPS) is 29.0. The quantitative estimate of drug-likeness (QED) is 0.743. The summed E-state index contributed by atoms with van der Waals surface area (Å²) in [5.41, 5.74) is 0. The highest BCUT2D eigenvalue weighted by molar-refractivity contribution is 6.01. The SMILES string of the molecule is CC1CCCN(CCN2C(=O)CCC2=O)C1C(=O)O. The van der Waals surface area contributed by atoms with Gasteiger partial charge in [0.25, 0.3) is 0 Å². The van der Waals surface area contributed by atoms with Gasteiger partial charge >= 0.3 is 5.97 Å². The third-order valence-corrected chi connectivity index (χ3v) is 4.06. The van der Waals surface area contributed by atoms with Crippen LogP contribution in [0.2, 0.25) is 0 Å². The second-order valence-corrected chi connectivity index (χ2v) is 5.38. The van der Waals surface area contributed by atoms with Crippen molar-refractivity contribution >= 4 is 17.8 Å². The maximum Gasteiger partial charge on any atom is 0.321 e. The fourth-order valence-electron chi connectivity index (χ4n) is 3.02. The van der Waals surface area contributed by atoms with Gasteiger partial charge in [-0.2, -0.15) is 0 Å². The molecule has 2 unspecified atom stereocenters. The first-order valence-corrected chi connectivity index (χ1v) is 6.80. The van der Waals surface area contributed by atoms with E-state index in [0.717, 1.165) is 19.4 Å². The lowest BCUT2D eigenvalue weighted by atomic mass is 9.91. The van der Waals surface area contributed by atoms with Crippen molar-refractivity contribution in [1.82, 2.24) is 9.80 Å². The summed E-state index contributed by atoms with van der Waals surface area (Å²) >= 11 is 0. The van der Waals surface area contributed by atoms with Crippen molar-refractivity contribution in [2.45, 2.75) is 38.6 Å². The summed E-state index contributed by atoms with van der Waals surface area (Å²) in [7, 11) is 0. The number of imide groups is 1. The molecule has 0 spiro atoms. The van der Waals surface area contributed by atoms with Gasteiger partial charge in [-0.05, 0) is 25.3 Å². The molecular weight excluding hydrogens is 248 g/mol. The lowest BCUT2D eigenvalue weighted by Crippen LogP contribution is -2.51. The van der Waals surface area contributed by atoms with Gasteiger partial charge in [0.2, 0.25) is 11.8 Å². The Balaban J connectivity index is 1.95. The van der Waals surface area contributed by atoms with Crippen molar-refractivity contribution in [3.8, 4) is 0 Å². The Hall–Kier alpha value is -1.43. The van der Waals surface area contributed by atoms with E-state index in [1.165, 1.54) is 4.90 Å². The molecule has 106 valence electrons. The second-order valence-electron chi connectivity index (χ2n) is 5.38. The molecule has 0 bridgehead atoms. The van der Waals surface area contributed by atoms with E-state index in [9.17, 15) is 19.5 Å². The van der Waals surface area contributed by atoms with Gasteiger partial charge in [0.15, 0.2) is 0 Å². The number of likely N-dealkylation sites (tertiary alicyclic amines) is 2. The van der Waals surface area contributed by atoms with Crippen LogP contribution in [-0.4, -0.2) is 58.4 Å². The van der Waals surface area contributed by atoms with E-state index in [1.54, 1.807) is 0 Å². The second kappa shape index (κ2) is 5.69. The molecule has 1 N–H and O–H groups in total. The molecular formula is C13H20N2O4. The summed E-state index contributed by atoms with van der Waals surface area (Å²) in [6.07, 6.45) is 2.46. The molecule has 0 aliphatic carbocycles. The number of hydrogen-bond donors (Lipinski definition) is 1. The van der Waals surface area contributed by atoms with E-state index in [0.29, 0.717) is 13.1 Å². The molecule has 0 aromatic carbocycles. The number of carboxylic acid groups (broad SMARTS) is 1. The molecule has 2 atom stereocenters. The number of carbonyl (C=O) groups excluding carboxylic acids is 2. The van der Waals surface area contributed by atoms with E-state index in [2.05, 4.69) is 0 Å². The molecule has 0 saturated carbocycles. The average Bonchev–Trinajstić information content (AvgIpc) is 2.66. The molecule has 19 heavy (non-hydrogen) atoms. The van der Waals surface area contributed by atoms with Gasteiger partial charge in [0.05, 0.1) is 0 Å². The minimum absolute atomic E-state index is 0.108. The predicted molar refractivity (Wildman–Crippen MR) is 67.3 cm³/mol. The largest absolute Gasteiger partial charge is 0.480 e. The maximum atomic E-state index is 11.5. The lowest BCUT2D eigenvalue weighted by molar-refractivity contribution is -0.147. The Morgan fingerprint density at radius 3 is 2.47 bits per heavy atom. The van der Waals surface area contributed by atoms with E-state index in [-0.39, 0.29) is 30.6 Å². The monoisotopic (exact) mass is 268 g/mol. The fraction of sp³-hybridized carbons (Fsp3) is 0.769. The molecule has 2 heterocycles. The van der Waals surface area contributed by atoms with Gasteiger partial charge in [-0.3, -0.25) is 24.2 Å². The zero-order valence-electron chi connectivity index (χ0n) is 11.2. The molecule has 2 aliphatic heterocycles. The minimum atomic E-state index is -0.814. The zero-order valence-corrected chi connectivity index (χ0v) is 11.2. The molecule has 0 aromatic heterocycles. The van der Waals surface area contributed by atoms with Gasteiger partial charge in [-0.15, -0.1) is 0 Å². The fourth-order valence-corrected chi connectivity index (χ4v) is 3.02. The highest BCUT2D eigenvalue weighted by Crippen LogP contribution is 2.23. The lowest BCUT2D eigenvalue weighted by Gasteiger charge is -2.37. The number of carbonyl (C=O) groups is 3. The average molecular weight is 268 g/mol. The van der Waals surface area contributed by atoms with Crippen LogP contribution in [0.15, 0.2) is 0 Å². The van der Waals surface area contributed by atoms with Gasteiger partial charge in [0.1, 0.15) is 6.04 Å². The van der Waals surface area contributed by atoms with Crippen molar-refractivity contribution in [2.75, 3.05) is 19.6 Å². The molecule has 2 aliphatic rings. The van der Waals surface area contributed by atoms with Gasteiger partial charge in [-0.25, -0.2) is 0 Å². The molecule has 0 aromatic rings. The van der Waals surface area contributed by atoms with E-state index >= 15 is 0 Å². The van der Waals surface area contributed by atoms with Gasteiger partial charge in [-0.1, -0.05) is 6.92 Å². The van der Waals surface area contributed by atoms with Crippen LogP contribution in [0.1, 0.15) is 32.6 Å². The number of carboxylic acids is 1. The van der Waals surface area contributed by atoms with Crippen LogP contribution in [-0.2, 0) is 14.4 Å². The van der Waals surface area contributed by atoms with Crippen LogP contribution in [0.4, 0.5) is 0 Å². The zero-order chi connectivity index (χ0) is 14.0. The smallest absolute Gasteiger partial charge is 0.321 e. The van der Waals surface area contributed by atoms with Crippen LogP contribution in [0.25, 0.3) is 0 Å². The van der Waals surface area contributed by atoms with Crippen LogP contribution in [0.3, 0.4) is 0 Å². The maximum absolute atomic E-state index is 11.5. The van der Waals surface area contributed by atoms with E-state index in [1.807, 2.05) is 11.8 Å². The predicted octanol–water partition coefficient (Wildman–Crippen LogP) is 0.321. The van der Waals surface area contributed by atoms with Crippen molar-refractivity contribution in [3.63, 3.8) is 0 Å². The molecule has 2 rings (SSSR count). The first-order chi connectivity index (χ1) is 9.00. The highest BCUT2D eigenvalue weighted by atomic mass is 16.4. The first kappa shape index (κ1) is 14.0. The van der Waals surface area contributed by atoms with E-state index in [4.69, 9.17) is 0 Å². The third kappa shape index (κ3) is 2.94. The number of rotatable bonds is 4. The first-order valence-electron chi connectivity index (χ1n) is 6.80. The van der Waals surface area contributed by atoms with Crippen LogP contribution >= 0.6 is 0 Å². The standard InChI is InChI=1S/C13H20N2O4/c1-9-3-2-6-14(12(9)13(18)19)7-8-15-10(16)4-5-11(15)17/h9,12H,2-8H2,1H3,(H,18,19). The summed E-state index contributed by atoms with van der Waals surface area (Å²) in [6.45, 7) is 3.43. The van der Waals surface area contributed by atoms with Gasteiger partial charge < -0.3 is 5.11 Å². The summed E-state index contributed by atoms with van der Waals surface area (Å²) in [5.74, 6) is -0.980. The molecule has 6 nitrogen and oxygen atoms in total. The minimum Gasteiger partial charge on any atom is -0.480 e. The number of aliphatic carboxylic acids is 1. The molecule has 2 saturated heterocycles. The van der Waals surface area contributed by atoms with Crippen molar-refractivity contribution < 1.29 is 19.5 Å². The Bertz CT molecular complexity index is 380. The summed E-state index contributed by atoms with van der Waals surface area (Å²) in [6, 6.07) is -0.499. The molecule has 2 fully saturated rings. The molecule has 0 radical (unpaired) electrons. The van der Waals surface area contributed by atoms with Crippen molar-refractivity contribution in [3.05, 3.63) is 0 Å². The number of nitrogens with zero attached hydrogens (tertiary/aromatic N) is 2. The Labute approximate surface area is 112 Å². The van der Waals surface area contributed by atoms with Crippen molar-refractivity contribution in [1.29, 1.82) is 0 Å². The summed E-state index contributed by atoms with van der Waals surface area (Å²) in [4.78, 5) is 37.5. The van der Waals surface area contributed by atoms with Crippen LogP contribution < -0.4 is 0 Å². The Morgan fingerprint density at radius 2 is 1.89 bits per heavy atom. The van der Waals surface area contributed by atoms with Crippen LogP contribution in [0.5, 0.6) is 0 Å². The van der Waals surface area contributed by atoms with Crippen molar-refractivity contribution in [2.24, 2.45) is 5.92 Å². The number of piperidine rings is 1. The van der Waals surface area contributed by atoms with Crippen LogP contribution in [0, 0.1) is 5.92 Å². The summed E-state index contributed by atoms with van der Waals surface area (Å²) in [5, 5.41) is 9.29. The molecule has 6 heteroatoms. The highest BCUT2D eigenvalue weighted by Gasteiger charge is 2.35. The summed E-state index contributed by atoms with van der Waals surface area (Å²) < 4.78 is 0. The topological polar surface area (TPSA) is 77.9 Å². The van der Waals surface area contributed by atoms with Gasteiger partial charge in [0, 0.05) is 25.9 Å². The Kier molecular flexibility index (Phi) is 4.19. The molecule has 2 amide bonds. The number of amides is 2.